The van der Waals surface area contributed by atoms with Crippen molar-refractivity contribution in [1.29, 1.82) is 0 Å². The molecule has 0 aliphatic heterocycles. The summed E-state index contributed by atoms with van der Waals surface area (Å²) in [6, 6.07) is 0. The highest BCUT2D eigenvalue weighted by Crippen LogP contribution is 1.92. The van der Waals surface area contributed by atoms with E-state index in [1.165, 1.54) is 0 Å². The van der Waals surface area contributed by atoms with Gasteiger partial charge in [0.25, 0.3) is 0 Å². The molecule has 0 aliphatic carbocycles. The maximum atomic E-state index is 12.0. The maximum Gasteiger partial charge on any atom is 0.305 e. The van der Waals surface area contributed by atoms with Crippen LogP contribution in [0, 0.1) is 0 Å². The van der Waals surface area contributed by atoms with E-state index in [0.29, 0.717) is 0 Å². The van der Waals surface area contributed by atoms with E-state index in [-0.39, 0.29) is 13.2 Å². The Morgan fingerprint density at radius 3 is 1.42 bits per heavy atom. The zero-order chi connectivity index (χ0) is 14.8. The van der Waals surface area contributed by atoms with Crippen LogP contribution in [0.2, 0.25) is 0 Å². The first-order chi connectivity index (χ1) is 8.71. The monoisotopic (exact) mass is 322 g/mol. The van der Waals surface area contributed by atoms with Gasteiger partial charge in [-0.3, -0.25) is 0 Å². The number of hydrogen-bond donors (Lipinski definition) is 0. The van der Waals surface area contributed by atoms with E-state index >= 15 is 0 Å². The molecule has 0 rings (SSSR count). The molecular formula is C8H12F2O7S2. The lowest BCUT2D eigenvalue weighted by Crippen LogP contribution is -2.04. The van der Waals surface area contributed by atoms with Crippen molar-refractivity contribution in [3.05, 3.63) is 25.0 Å². The van der Waals surface area contributed by atoms with Crippen LogP contribution in [0.1, 0.15) is 0 Å². The van der Waals surface area contributed by atoms with Crippen LogP contribution in [-0.4, -0.2) is 41.6 Å². The SMILES string of the molecule is O=S(=O)(F)CCOC=COC=COCCS(=O)(=O)F. The molecule has 0 saturated carbocycles. The Morgan fingerprint density at radius 2 is 1.11 bits per heavy atom. The summed E-state index contributed by atoms with van der Waals surface area (Å²) in [5, 5.41) is 0. The van der Waals surface area contributed by atoms with Gasteiger partial charge in [0, 0.05) is 0 Å². The first kappa shape index (κ1) is 17.6. The van der Waals surface area contributed by atoms with E-state index in [4.69, 9.17) is 0 Å². The highest BCUT2D eigenvalue weighted by Gasteiger charge is 2.05. The Bertz CT molecular complexity index is 449. The van der Waals surface area contributed by atoms with Crippen LogP contribution in [0.3, 0.4) is 0 Å². The van der Waals surface area contributed by atoms with E-state index < -0.39 is 32.0 Å². The Hall–Kier alpha value is -1.36. The Kier molecular flexibility index (Phi) is 8.07. The minimum atomic E-state index is -4.56. The molecule has 0 atom stereocenters. The van der Waals surface area contributed by atoms with Gasteiger partial charge in [0.05, 0.1) is 0 Å². The number of halogens is 2. The first-order valence-electron chi connectivity index (χ1n) is 4.74. The molecule has 11 heteroatoms. The molecule has 0 aromatic heterocycles. The Labute approximate surface area is 109 Å². The van der Waals surface area contributed by atoms with Gasteiger partial charge in [-0.25, -0.2) is 0 Å². The molecule has 0 aromatic rings. The fourth-order valence-corrected chi connectivity index (χ4v) is 1.21. The summed E-state index contributed by atoms with van der Waals surface area (Å²) in [4.78, 5) is 0. The smallest absolute Gasteiger partial charge is 0.305 e. The summed E-state index contributed by atoms with van der Waals surface area (Å²) in [5.41, 5.74) is 0. The molecule has 0 unspecified atom stereocenters. The summed E-state index contributed by atoms with van der Waals surface area (Å²) in [7, 11) is -9.11. The minimum Gasteiger partial charge on any atom is -0.497 e. The quantitative estimate of drug-likeness (QED) is 0.330. The first-order valence-corrected chi connectivity index (χ1v) is 7.84. The minimum absolute atomic E-state index is 0.368. The van der Waals surface area contributed by atoms with Crippen LogP contribution < -0.4 is 0 Å². The van der Waals surface area contributed by atoms with Crippen molar-refractivity contribution in [3.63, 3.8) is 0 Å². The van der Waals surface area contributed by atoms with E-state index in [2.05, 4.69) is 14.2 Å². The molecule has 0 N–H and O–H groups in total. The van der Waals surface area contributed by atoms with Gasteiger partial charge < -0.3 is 14.2 Å². The summed E-state index contributed by atoms with van der Waals surface area (Å²) in [6.07, 6.45) is 3.94. The van der Waals surface area contributed by atoms with Gasteiger partial charge in [-0.05, 0) is 0 Å². The number of ether oxygens (including phenoxy) is 3. The summed E-state index contributed by atoms with van der Waals surface area (Å²) >= 11 is 0. The lowest BCUT2D eigenvalue weighted by atomic mass is 10.8. The van der Waals surface area contributed by atoms with E-state index in [1.54, 1.807) is 0 Å². The fourth-order valence-electron chi connectivity index (χ4n) is 0.619. The molecule has 0 aliphatic rings. The summed E-state index contributed by atoms with van der Waals surface area (Å²) < 4.78 is 77.8. The second kappa shape index (κ2) is 8.69. The average molecular weight is 322 g/mol. The second-order valence-electron chi connectivity index (χ2n) is 2.91. The molecule has 0 bridgehead atoms. The van der Waals surface area contributed by atoms with Gasteiger partial charge >= 0.3 is 20.4 Å². The third-order valence-electron chi connectivity index (χ3n) is 1.35. The molecule has 7 nitrogen and oxygen atoms in total. The van der Waals surface area contributed by atoms with Crippen molar-refractivity contribution in [2.24, 2.45) is 0 Å². The Morgan fingerprint density at radius 1 is 0.737 bits per heavy atom. The second-order valence-corrected chi connectivity index (χ2v) is 5.88. The van der Waals surface area contributed by atoms with Crippen LogP contribution in [0.5, 0.6) is 0 Å². The van der Waals surface area contributed by atoms with Crippen LogP contribution in [0.15, 0.2) is 25.0 Å². The highest BCUT2D eigenvalue weighted by atomic mass is 32.3. The largest absolute Gasteiger partial charge is 0.497 e. The standard InChI is InChI=1S/C8H12F2O7S2/c9-18(11,12)7-5-16-3-1-15-2-4-17-6-8-19(10,13)14/h1-4H,5-8H2. The maximum absolute atomic E-state index is 12.0. The Balaban J connectivity index is 3.52. The molecule has 0 amide bonds. The molecule has 112 valence electrons. The van der Waals surface area contributed by atoms with E-state index in [9.17, 15) is 24.6 Å². The van der Waals surface area contributed by atoms with Gasteiger partial charge in [-0.1, -0.05) is 0 Å². The van der Waals surface area contributed by atoms with Crippen LogP contribution >= 0.6 is 0 Å². The molecule has 19 heavy (non-hydrogen) atoms. The average Bonchev–Trinajstić information content (AvgIpc) is 2.22. The van der Waals surface area contributed by atoms with Crippen molar-refractivity contribution < 1.29 is 38.8 Å². The van der Waals surface area contributed by atoms with Crippen LogP contribution in [-0.2, 0) is 34.7 Å². The van der Waals surface area contributed by atoms with Gasteiger partial charge in [0.15, 0.2) is 0 Å². The number of rotatable bonds is 10. The van der Waals surface area contributed by atoms with Crippen molar-refractivity contribution in [1.82, 2.24) is 0 Å². The summed E-state index contributed by atoms with van der Waals surface area (Å²) in [5.74, 6) is -1.54. The summed E-state index contributed by atoms with van der Waals surface area (Å²) in [6.45, 7) is -0.736. The van der Waals surface area contributed by atoms with Gasteiger partial charge in [-0.2, -0.15) is 16.8 Å². The van der Waals surface area contributed by atoms with Crippen LogP contribution in [0.4, 0.5) is 7.77 Å². The van der Waals surface area contributed by atoms with Gasteiger partial charge in [0.2, 0.25) is 0 Å². The highest BCUT2D eigenvalue weighted by molar-refractivity contribution is 7.86. The molecule has 0 radical (unpaired) electrons. The van der Waals surface area contributed by atoms with Gasteiger partial charge in [-0.15, -0.1) is 7.77 Å². The predicted molar refractivity (Wildman–Crippen MR) is 61.1 cm³/mol. The van der Waals surface area contributed by atoms with E-state index in [1.807, 2.05) is 0 Å². The third kappa shape index (κ3) is 16.6. The van der Waals surface area contributed by atoms with Gasteiger partial charge in [0.1, 0.15) is 49.8 Å². The zero-order valence-electron chi connectivity index (χ0n) is 9.57. The van der Waals surface area contributed by atoms with Crippen molar-refractivity contribution in [3.8, 4) is 0 Å². The van der Waals surface area contributed by atoms with Crippen LogP contribution in [0.25, 0.3) is 0 Å². The lowest BCUT2D eigenvalue weighted by molar-refractivity contribution is 0.238. The molecular weight excluding hydrogens is 310 g/mol. The van der Waals surface area contributed by atoms with Crippen molar-refractivity contribution in [2.45, 2.75) is 0 Å². The fraction of sp³-hybridized carbons (Fsp3) is 0.500. The van der Waals surface area contributed by atoms with E-state index in [0.717, 1.165) is 25.0 Å². The molecule has 0 aromatic carbocycles. The third-order valence-corrected chi connectivity index (χ3v) is 2.66. The lowest BCUT2D eigenvalue weighted by Gasteiger charge is -1.97. The molecule has 0 saturated heterocycles. The normalized spacial score (nSPS) is 12.9. The molecule has 0 heterocycles. The molecule has 0 spiro atoms. The van der Waals surface area contributed by atoms with Crippen molar-refractivity contribution >= 4 is 20.4 Å². The topological polar surface area (TPSA) is 96.0 Å². The predicted octanol–water partition coefficient (Wildman–Crippen LogP) is 0.577. The van der Waals surface area contributed by atoms with Crippen molar-refractivity contribution in [2.75, 3.05) is 24.7 Å². The number of hydrogen-bond acceptors (Lipinski definition) is 7. The molecule has 0 fully saturated rings. The zero-order valence-corrected chi connectivity index (χ0v) is 11.2.